The summed E-state index contributed by atoms with van der Waals surface area (Å²) >= 11 is 0. The van der Waals surface area contributed by atoms with Crippen LogP contribution >= 0.6 is 0 Å². The lowest BCUT2D eigenvalue weighted by atomic mass is 10.1. The standard InChI is InChI=1S/C24H22FN5O2/c1-14-22(15(2)30(29-14)13-16-8-10-17(25)11-9-16)28-23(31)19-12-21(24(32)26-3)27-20-7-5-4-6-18(19)20/h4-12H,13H2,1-3H3,(H,26,32)(H,28,31). The highest BCUT2D eigenvalue weighted by Crippen LogP contribution is 2.24. The van der Waals surface area contributed by atoms with Crippen molar-refractivity contribution in [2.45, 2.75) is 20.4 Å². The van der Waals surface area contributed by atoms with Crippen molar-refractivity contribution in [2.24, 2.45) is 0 Å². The maximum Gasteiger partial charge on any atom is 0.269 e. The maximum absolute atomic E-state index is 13.3. The second-order valence-corrected chi connectivity index (χ2v) is 7.44. The zero-order valence-electron chi connectivity index (χ0n) is 17.9. The van der Waals surface area contributed by atoms with E-state index in [1.54, 1.807) is 35.0 Å². The van der Waals surface area contributed by atoms with Gasteiger partial charge in [0.15, 0.2) is 0 Å². The molecule has 0 aliphatic carbocycles. The Bertz CT molecular complexity index is 1330. The summed E-state index contributed by atoms with van der Waals surface area (Å²) in [7, 11) is 1.52. The zero-order chi connectivity index (χ0) is 22.8. The molecule has 4 rings (SSSR count). The first kappa shape index (κ1) is 21.2. The number of carbonyl (C=O) groups is 2. The first-order chi connectivity index (χ1) is 15.4. The van der Waals surface area contributed by atoms with Gasteiger partial charge in [0.2, 0.25) is 0 Å². The molecule has 0 saturated heterocycles. The van der Waals surface area contributed by atoms with Crippen molar-refractivity contribution in [3.8, 4) is 0 Å². The normalized spacial score (nSPS) is 10.9. The fourth-order valence-electron chi connectivity index (χ4n) is 3.58. The van der Waals surface area contributed by atoms with Crippen molar-refractivity contribution in [1.29, 1.82) is 0 Å². The van der Waals surface area contributed by atoms with Crippen molar-refractivity contribution in [1.82, 2.24) is 20.1 Å². The van der Waals surface area contributed by atoms with Crippen LogP contribution in [-0.2, 0) is 6.54 Å². The summed E-state index contributed by atoms with van der Waals surface area (Å²) < 4.78 is 15.0. The molecule has 32 heavy (non-hydrogen) atoms. The molecule has 162 valence electrons. The van der Waals surface area contributed by atoms with E-state index >= 15 is 0 Å². The van der Waals surface area contributed by atoms with Crippen LogP contribution in [0.2, 0.25) is 0 Å². The lowest BCUT2D eigenvalue weighted by Crippen LogP contribution is -2.21. The predicted octanol–water partition coefficient (Wildman–Crippen LogP) is 3.85. The molecule has 8 heteroatoms. The molecule has 4 aromatic rings. The summed E-state index contributed by atoms with van der Waals surface area (Å²) in [6, 6.07) is 14.9. The van der Waals surface area contributed by atoms with E-state index in [9.17, 15) is 14.0 Å². The molecule has 0 aliphatic rings. The minimum Gasteiger partial charge on any atom is -0.354 e. The average Bonchev–Trinajstić information content (AvgIpc) is 3.06. The summed E-state index contributed by atoms with van der Waals surface area (Å²) in [5.74, 6) is -1.03. The van der Waals surface area contributed by atoms with E-state index < -0.39 is 0 Å². The number of fused-ring (bicyclic) bond motifs is 1. The number of aryl methyl sites for hydroxylation is 1. The summed E-state index contributed by atoms with van der Waals surface area (Å²) in [5.41, 5.74) is 3.98. The molecule has 0 saturated carbocycles. The molecule has 0 spiro atoms. The third-order valence-corrected chi connectivity index (χ3v) is 5.29. The number of nitrogens with zero attached hydrogens (tertiary/aromatic N) is 3. The van der Waals surface area contributed by atoms with Gasteiger partial charge in [0.1, 0.15) is 11.5 Å². The van der Waals surface area contributed by atoms with Gasteiger partial charge in [-0.05, 0) is 43.7 Å². The van der Waals surface area contributed by atoms with E-state index in [2.05, 4.69) is 20.7 Å². The van der Waals surface area contributed by atoms with Crippen LogP contribution in [0.15, 0.2) is 54.6 Å². The van der Waals surface area contributed by atoms with Crippen LogP contribution < -0.4 is 10.6 Å². The number of rotatable bonds is 5. The van der Waals surface area contributed by atoms with Crippen molar-refractivity contribution in [2.75, 3.05) is 12.4 Å². The van der Waals surface area contributed by atoms with Crippen LogP contribution in [-0.4, -0.2) is 33.6 Å². The lowest BCUT2D eigenvalue weighted by molar-refractivity contribution is 0.0958. The van der Waals surface area contributed by atoms with Gasteiger partial charge in [-0.2, -0.15) is 5.10 Å². The van der Waals surface area contributed by atoms with Crippen molar-refractivity contribution < 1.29 is 14.0 Å². The SMILES string of the molecule is CNC(=O)c1cc(C(=O)Nc2c(C)nn(Cc3ccc(F)cc3)c2C)c2ccccc2n1. The van der Waals surface area contributed by atoms with E-state index in [0.717, 1.165) is 11.3 Å². The largest absolute Gasteiger partial charge is 0.354 e. The smallest absolute Gasteiger partial charge is 0.269 e. The maximum atomic E-state index is 13.3. The van der Waals surface area contributed by atoms with Gasteiger partial charge in [-0.25, -0.2) is 9.37 Å². The van der Waals surface area contributed by atoms with Gasteiger partial charge in [0.05, 0.1) is 34.7 Å². The molecule has 2 aromatic carbocycles. The number of para-hydroxylation sites is 1. The highest BCUT2D eigenvalue weighted by molar-refractivity contribution is 6.14. The summed E-state index contributed by atoms with van der Waals surface area (Å²) in [5, 5.41) is 10.7. The fraction of sp³-hybridized carbons (Fsp3) is 0.167. The molecule has 2 aromatic heterocycles. The minimum atomic E-state index is -0.371. The van der Waals surface area contributed by atoms with E-state index in [1.807, 2.05) is 19.9 Å². The third kappa shape index (κ3) is 4.07. The van der Waals surface area contributed by atoms with Crippen molar-refractivity contribution in [3.05, 3.63) is 88.6 Å². The number of hydrogen-bond acceptors (Lipinski definition) is 4. The number of carbonyl (C=O) groups excluding carboxylic acids is 2. The number of hydrogen-bond donors (Lipinski definition) is 2. The average molecular weight is 431 g/mol. The van der Waals surface area contributed by atoms with E-state index in [-0.39, 0.29) is 23.3 Å². The topological polar surface area (TPSA) is 88.9 Å². The Morgan fingerprint density at radius 1 is 1.03 bits per heavy atom. The monoisotopic (exact) mass is 431 g/mol. The van der Waals surface area contributed by atoms with E-state index in [4.69, 9.17) is 0 Å². The molecule has 2 N–H and O–H groups in total. The second-order valence-electron chi connectivity index (χ2n) is 7.44. The van der Waals surface area contributed by atoms with Gasteiger partial charge >= 0.3 is 0 Å². The molecule has 2 amide bonds. The van der Waals surface area contributed by atoms with Crippen LogP contribution in [0.4, 0.5) is 10.1 Å². The number of aromatic nitrogens is 3. The first-order valence-electron chi connectivity index (χ1n) is 10.1. The van der Waals surface area contributed by atoms with Crippen LogP contribution in [0.3, 0.4) is 0 Å². The van der Waals surface area contributed by atoms with E-state index in [1.165, 1.54) is 25.2 Å². The first-order valence-corrected chi connectivity index (χ1v) is 10.1. The molecular formula is C24H22FN5O2. The Morgan fingerprint density at radius 3 is 2.47 bits per heavy atom. The highest BCUT2D eigenvalue weighted by atomic mass is 19.1. The molecule has 0 aliphatic heterocycles. The molecule has 0 atom stereocenters. The molecule has 0 unspecified atom stereocenters. The Balaban J connectivity index is 1.67. The molecule has 0 radical (unpaired) electrons. The van der Waals surface area contributed by atoms with E-state index in [0.29, 0.717) is 34.4 Å². The Labute approximate surface area is 184 Å². The zero-order valence-corrected chi connectivity index (χ0v) is 17.9. The highest BCUT2D eigenvalue weighted by Gasteiger charge is 2.19. The van der Waals surface area contributed by atoms with Crippen LogP contribution in [0.25, 0.3) is 10.9 Å². The van der Waals surface area contributed by atoms with Gasteiger partial charge in [0.25, 0.3) is 11.8 Å². The number of benzene rings is 2. The fourth-order valence-corrected chi connectivity index (χ4v) is 3.58. The second kappa shape index (κ2) is 8.58. The summed E-state index contributed by atoms with van der Waals surface area (Å²) in [6.45, 7) is 4.12. The van der Waals surface area contributed by atoms with Crippen molar-refractivity contribution >= 4 is 28.4 Å². The lowest BCUT2D eigenvalue weighted by Gasteiger charge is -2.11. The van der Waals surface area contributed by atoms with Crippen molar-refractivity contribution in [3.63, 3.8) is 0 Å². The van der Waals surface area contributed by atoms with Gasteiger partial charge in [0, 0.05) is 12.4 Å². The third-order valence-electron chi connectivity index (χ3n) is 5.29. The summed E-state index contributed by atoms with van der Waals surface area (Å²) in [4.78, 5) is 29.8. The van der Waals surface area contributed by atoms with Gasteiger partial charge in [-0.15, -0.1) is 0 Å². The number of amides is 2. The predicted molar refractivity (Wildman–Crippen MR) is 120 cm³/mol. The van der Waals surface area contributed by atoms with Gasteiger partial charge in [-0.1, -0.05) is 30.3 Å². The molecule has 2 heterocycles. The van der Waals surface area contributed by atoms with Gasteiger partial charge in [-0.3, -0.25) is 14.3 Å². The Kier molecular flexibility index (Phi) is 5.68. The van der Waals surface area contributed by atoms with Crippen LogP contribution in [0.1, 0.15) is 37.8 Å². The number of pyridine rings is 1. The quantitative estimate of drug-likeness (QED) is 0.502. The minimum absolute atomic E-state index is 0.164. The number of nitrogens with one attached hydrogen (secondary N) is 2. The van der Waals surface area contributed by atoms with Gasteiger partial charge < -0.3 is 10.6 Å². The van der Waals surface area contributed by atoms with Crippen LogP contribution in [0.5, 0.6) is 0 Å². The Hall–Kier alpha value is -4.07. The molecular weight excluding hydrogens is 409 g/mol. The molecule has 0 bridgehead atoms. The van der Waals surface area contributed by atoms with Crippen LogP contribution in [0, 0.1) is 19.7 Å². The summed E-state index contributed by atoms with van der Waals surface area (Å²) in [6.07, 6.45) is 0. The number of anilines is 1. The number of halogens is 1. The Morgan fingerprint density at radius 2 is 1.75 bits per heavy atom. The molecule has 0 fully saturated rings. The molecule has 7 nitrogen and oxygen atoms in total.